The number of halogens is 1. The molecular weight excluding hydrogens is 255 g/mol. The molecule has 1 N–H and O–H groups in total. The van der Waals surface area contributed by atoms with Crippen LogP contribution in [-0.4, -0.2) is 43.8 Å². The van der Waals surface area contributed by atoms with Crippen LogP contribution in [0.15, 0.2) is 18.2 Å². The van der Waals surface area contributed by atoms with E-state index in [9.17, 15) is 4.39 Å². The Balaban J connectivity index is 2.18. The molecule has 1 saturated heterocycles. The molecule has 4 heteroatoms. The molecule has 112 valence electrons. The molecule has 0 saturated carbocycles. The zero-order valence-corrected chi connectivity index (χ0v) is 12.7. The number of nitrogens with zero attached hydrogens (tertiary/aromatic N) is 1. The highest BCUT2D eigenvalue weighted by molar-refractivity contribution is 5.26. The average molecular weight is 280 g/mol. The first-order chi connectivity index (χ1) is 9.65. The lowest BCUT2D eigenvalue weighted by Gasteiger charge is -2.37. The van der Waals surface area contributed by atoms with E-state index in [1.54, 1.807) is 13.0 Å². The SMILES string of the molecule is CCNC(c1ccc(C)c(F)c1)C1CN(CC)CCO1. The first kappa shape index (κ1) is 15.4. The van der Waals surface area contributed by atoms with Gasteiger partial charge in [-0.05, 0) is 37.2 Å². The second-order valence-electron chi connectivity index (χ2n) is 5.35. The Kier molecular flexibility index (Phi) is 5.52. The van der Waals surface area contributed by atoms with Crippen LogP contribution in [0.5, 0.6) is 0 Å². The summed E-state index contributed by atoms with van der Waals surface area (Å²) in [6.07, 6.45) is 0.0748. The Labute approximate surface area is 121 Å². The molecule has 2 rings (SSSR count). The minimum Gasteiger partial charge on any atom is -0.374 e. The Morgan fingerprint density at radius 2 is 2.25 bits per heavy atom. The molecule has 0 aromatic heterocycles. The van der Waals surface area contributed by atoms with Crippen LogP contribution in [0.4, 0.5) is 4.39 Å². The molecule has 3 nitrogen and oxygen atoms in total. The summed E-state index contributed by atoms with van der Waals surface area (Å²) in [5, 5.41) is 3.44. The van der Waals surface area contributed by atoms with Crippen LogP contribution in [0.1, 0.15) is 31.0 Å². The number of likely N-dealkylation sites (N-methyl/N-ethyl adjacent to an activating group) is 2. The predicted molar refractivity (Wildman–Crippen MR) is 79.4 cm³/mol. The van der Waals surface area contributed by atoms with Gasteiger partial charge in [0.05, 0.1) is 18.8 Å². The average Bonchev–Trinajstić information content (AvgIpc) is 2.48. The van der Waals surface area contributed by atoms with E-state index in [4.69, 9.17) is 4.74 Å². The number of rotatable bonds is 5. The molecule has 0 aliphatic carbocycles. The fourth-order valence-corrected chi connectivity index (χ4v) is 2.71. The van der Waals surface area contributed by atoms with E-state index < -0.39 is 0 Å². The van der Waals surface area contributed by atoms with Crippen molar-refractivity contribution in [2.75, 3.05) is 32.8 Å². The van der Waals surface area contributed by atoms with Crippen molar-refractivity contribution in [3.05, 3.63) is 35.1 Å². The number of hydrogen-bond donors (Lipinski definition) is 1. The Morgan fingerprint density at radius 1 is 1.45 bits per heavy atom. The smallest absolute Gasteiger partial charge is 0.126 e. The lowest BCUT2D eigenvalue weighted by Crippen LogP contribution is -2.48. The molecule has 1 aromatic rings. The van der Waals surface area contributed by atoms with Gasteiger partial charge in [0.1, 0.15) is 5.82 Å². The summed E-state index contributed by atoms with van der Waals surface area (Å²) in [6, 6.07) is 5.52. The summed E-state index contributed by atoms with van der Waals surface area (Å²) in [5.41, 5.74) is 1.65. The molecule has 1 aliphatic heterocycles. The van der Waals surface area contributed by atoms with E-state index in [0.29, 0.717) is 5.56 Å². The van der Waals surface area contributed by atoms with Crippen LogP contribution >= 0.6 is 0 Å². The lowest BCUT2D eigenvalue weighted by molar-refractivity contribution is -0.0454. The topological polar surface area (TPSA) is 24.5 Å². The third-order valence-corrected chi connectivity index (χ3v) is 3.98. The largest absolute Gasteiger partial charge is 0.374 e. The molecule has 2 atom stereocenters. The summed E-state index contributed by atoms with van der Waals surface area (Å²) in [7, 11) is 0. The highest BCUT2D eigenvalue weighted by Gasteiger charge is 2.28. The van der Waals surface area contributed by atoms with E-state index >= 15 is 0 Å². The van der Waals surface area contributed by atoms with Crippen LogP contribution < -0.4 is 5.32 Å². The number of hydrogen-bond acceptors (Lipinski definition) is 3. The summed E-state index contributed by atoms with van der Waals surface area (Å²) >= 11 is 0. The summed E-state index contributed by atoms with van der Waals surface area (Å²) in [5.74, 6) is -0.145. The third kappa shape index (κ3) is 3.57. The minimum absolute atomic E-state index is 0.0458. The van der Waals surface area contributed by atoms with Crippen LogP contribution in [0.25, 0.3) is 0 Å². The fraction of sp³-hybridized carbons (Fsp3) is 0.625. The van der Waals surface area contributed by atoms with Crippen molar-refractivity contribution in [1.82, 2.24) is 10.2 Å². The van der Waals surface area contributed by atoms with Gasteiger partial charge in [-0.2, -0.15) is 0 Å². The molecule has 2 unspecified atom stereocenters. The number of benzene rings is 1. The van der Waals surface area contributed by atoms with Gasteiger partial charge in [-0.25, -0.2) is 4.39 Å². The summed E-state index contributed by atoms with van der Waals surface area (Å²) in [4.78, 5) is 2.38. The molecule has 1 aromatic carbocycles. The van der Waals surface area contributed by atoms with Crippen molar-refractivity contribution in [3.8, 4) is 0 Å². The Bertz CT molecular complexity index is 438. The van der Waals surface area contributed by atoms with Gasteiger partial charge in [-0.3, -0.25) is 4.90 Å². The molecule has 1 fully saturated rings. The molecule has 0 spiro atoms. The second kappa shape index (κ2) is 7.16. The number of aryl methyl sites for hydroxylation is 1. The maximum Gasteiger partial charge on any atom is 0.126 e. The van der Waals surface area contributed by atoms with Crippen molar-refractivity contribution in [2.24, 2.45) is 0 Å². The van der Waals surface area contributed by atoms with Gasteiger partial charge < -0.3 is 10.1 Å². The normalized spacial score (nSPS) is 21.9. The number of morpholine rings is 1. The molecular formula is C16H25FN2O. The molecule has 1 aliphatic rings. The molecule has 0 amide bonds. The van der Waals surface area contributed by atoms with Crippen molar-refractivity contribution < 1.29 is 9.13 Å². The first-order valence-corrected chi connectivity index (χ1v) is 7.49. The maximum atomic E-state index is 13.8. The first-order valence-electron chi connectivity index (χ1n) is 7.49. The summed E-state index contributed by atoms with van der Waals surface area (Å²) in [6.45, 7) is 10.5. The zero-order chi connectivity index (χ0) is 14.5. The van der Waals surface area contributed by atoms with Crippen LogP contribution in [-0.2, 0) is 4.74 Å². The minimum atomic E-state index is -0.145. The van der Waals surface area contributed by atoms with E-state index in [2.05, 4.69) is 24.1 Å². The van der Waals surface area contributed by atoms with Crippen molar-refractivity contribution in [2.45, 2.75) is 32.9 Å². The molecule has 0 bridgehead atoms. The van der Waals surface area contributed by atoms with Crippen LogP contribution in [0.2, 0.25) is 0 Å². The van der Waals surface area contributed by atoms with Crippen molar-refractivity contribution >= 4 is 0 Å². The lowest BCUT2D eigenvalue weighted by atomic mass is 9.98. The van der Waals surface area contributed by atoms with Gasteiger partial charge in [0.25, 0.3) is 0 Å². The number of nitrogens with one attached hydrogen (secondary N) is 1. The Morgan fingerprint density at radius 3 is 2.90 bits per heavy atom. The monoisotopic (exact) mass is 280 g/mol. The third-order valence-electron chi connectivity index (χ3n) is 3.98. The standard InChI is InChI=1S/C16H25FN2O/c1-4-18-16(13-7-6-12(3)14(17)10-13)15-11-19(5-2)8-9-20-15/h6-7,10,15-16,18H,4-5,8-9,11H2,1-3H3. The van der Waals surface area contributed by atoms with Gasteiger partial charge in [0.15, 0.2) is 0 Å². The molecule has 20 heavy (non-hydrogen) atoms. The van der Waals surface area contributed by atoms with E-state index in [0.717, 1.165) is 38.3 Å². The second-order valence-corrected chi connectivity index (χ2v) is 5.35. The van der Waals surface area contributed by atoms with Crippen molar-refractivity contribution in [1.29, 1.82) is 0 Å². The van der Waals surface area contributed by atoms with Crippen LogP contribution in [0.3, 0.4) is 0 Å². The van der Waals surface area contributed by atoms with Gasteiger partial charge in [0, 0.05) is 13.1 Å². The molecule has 1 heterocycles. The summed E-state index contributed by atoms with van der Waals surface area (Å²) < 4.78 is 19.7. The zero-order valence-electron chi connectivity index (χ0n) is 12.7. The number of ether oxygens (including phenoxy) is 1. The quantitative estimate of drug-likeness (QED) is 0.897. The Hall–Kier alpha value is -0.970. The van der Waals surface area contributed by atoms with Gasteiger partial charge in [-0.1, -0.05) is 26.0 Å². The molecule has 0 radical (unpaired) electrons. The van der Waals surface area contributed by atoms with Crippen molar-refractivity contribution in [3.63, 3.8) is 0 Å². The maximum absolute atomic E-state index is 13.8. The highest BCUT2D eigenvalue weighted by Crippen LogP contribution is 2.24. The predicted octanol–water partition coefficient (Wildman–Crippen LogP) is 2.51. The van der Waals surface area contributed by atoms with Gasteiger partial charge in [-0.15, -0.1) is 0 Å². The highest BCUT2D eigenvalue weighted by atomic mass is 19.1. The van der Waals surface area contributed by atoms with Gasteiger partial charge in [0.2, 0.25) is 0 Å². The van der Waals surface area contributed by atoms with E-state index in [1.165, 1.54) is 0 Å². The van der Waals surface area contributed by atoms with E-state index in [1.807, 2.05) is 12.1 Å². The van der Waals surface area contributed by atoms with Crippen LogP contribution in [0, 0.1) is 12.7 Å². The van der Waals surface area contributed by atoms with Gasteiger partial charge >= 0.3 is 0 Å². The van der Waals surface area contributed by atoms with E-state index in [-0.39, 0.29) is 18.0 Å². The fourth-order valence-electron chi connectivity index (χ4n) is 2.71.